The van der Waals surface area contributed by atoms with Gasteiger partial charge in [0.1, 0.15) is 5.69 Å². The van der Waals surface area contributed by atoms with Crippen LogP contribution in [0.2, 0.25) is 0 Å². The van der Waals surface area contributed by atoms with Gasteiger partial charge in [-0.25, -0.2) is 9.64 Å². The Morgan fingerprint density at radius 2 is 2.05 bits per heavy atom. The first kappa shape index (κ1) is 14.4. The van der Waals surface area contributed by atoms with E-state index in [1.807, 2.05) is 24.3 Å². The Balaban J connectivity index is 2.64. The van der Waals surface area contributed by atoms with Crippen LogP contribution in [-0.4, -0.2) is 17.1 Å². The van der Waals surface area contributed by atoms with Crippen LogP contribution in [0.4, 0.5) is 5.69 Å². The Bertz CT molecular complexity index is 681. The average Bonchev–Trinajstić information content (AvgIpc) is 2.76. The number of hydrogen-bond acceptors (Lipinski definition) is 2. The smallest absolute Gasteiger partial charge is 0.354 e. The van der Waals surface area contributed by atoms with E-state index < -0.39 is 5.97 Å². The van der Waals surface area contributed by atoms with E-state index >= 15 is 0 Å². The van der Waals surface area contributed by atoms with Crippen LogP contribution < -0.4 is 0 Å². The summed E-state index contributed by atoms with van der Waals surface area (Å²) in [7, 11) is 1.74. The number of carbonyl (C=O) groups is 1. The minimum atomic E-state index is -0.414. The maximum atomic E-state index is 12.1. The maximum Gasteiger partial charge on any atom is 0.354 e. The number of esters is 1. The molecule has 5 heteroatoms. The van der Waals surface area contributed by atoms with Gasteiger partial charge in [-0.1, -0.05) is 28.1 Å². The van der Waals surface area contributed by atoms with E-state index in [0.717, 1.165) is 10.0 Å². The molecule has 1 aromatic heterocycles. The van der Waals surface area contributed by atoms with Crippen LogP contribution in [0.1, 0.15) is 17.4 Å². The molecule has 4 nitrogen and oxygen atoms in total. The maximum absolute atomic E-state index is 12.1. The SMILES string of the molecule is [C-]#[N+]c1cn(C)c(C(=O)OCC)c1-c1ccc(Br)cc1. The van der Waals surface area contributed by atoms with Crippen molar-refractivity contribution in [1.29, 1.82) is 0 Å². The van der Waals surface area contributed by atoms with E-state index in [-0.39, 0.29) is 0 Å². The highest BCUT2D eigenvalue weighted by atomic mass is 79.9. The predicted octanol–water partition coefficient (Wildman–Crippen LogP) is 4.18. The van der Waals surface area contributed by atoms with Gasteiger partial charge in [0.25, 0.3) is 0 Å². The first-order valence-corrected chi connectivity index (χ1v) is 6.87. The molecule has 1 heterocycles. The minimum Gasteiger partial charge on any atom is -0.461 e. The molecule has 0 N–H and O–H groups in total. The zero-order chi connectivity index (χ0) is 14.7. The fraction of sp³-hybridized carbons (Fsp3) is 0.200. The molecule has 0 aliphatic rings. The lowest BCUT2D eigenvalue weighted by Gasteiger charge is -2.08. The predicted molar refractivity (Wildman–Crippen MR) is 80.8 cm³/mol. The van der Waals surface area contributed by atoms with Gasteiger partial charge in [0.15, 0.2) is 0 Å². The van der Waals surface area contributed by atoms with Crippen molar-refractivity contribution in [2.75, 3.05) is 6.61 Å². The van der Waals surface area contributed by atoms with Gasteiger partial charge >= 0.3 is 5.97 Å². The number of halogens is 1. The summed E-state index contributed by atoms with van der Waals surface area (Å²) in [6.07, 6.45) is 1.65. The average molecular weight is 333 g/mol. The number of ether oxygens (including phenoxy) is 1. The Kier molecular flexibility index (Phi) is 4.26. The third-order valence-electron chi connectivity index (χ3n) is 2.88. The lowest BCUT2D eigenvalue weighted by atomic mass is 10.0. The second-order valence-electron chi connectivity index (χ2n) is 4.19. The fourth-order valence-corrected chi connectivity index (χ4v) is 2.31. The number of aromatic nitrogens is 1. The summed E-state index contributed by atoms with van der Waals surface area (Å²) in [5.41, 5.74) is 2.29. The second-order valence-corrected chi connectivity index (χ2v) is 5.10. The lowest BCUT2D eigenvalue weighted by Crippen LogP contribution is -2.10. The van der Waals surface area contributed by atoms with Crippen LogP contribution >= 0.6 is 15.9 Å². The van der Waals surface area contributed by atoms with Crippen molar-refractivity contribution >= 4 is 27.6 Å². The molecule has 20 heavy (non-hydrogen) atoms. The summed E-state index contributed by atoms with van der Waals surface area (Å²) in [4.78, 5) is 15.6. The standard InChI is InChI=1S/C15H13BrN2O2/c1-4-20-15(19)14-13(12(17-2)9-18(14)3)10-5-7-11(16)8-6-10/h5-9H,4H2,1,3H3. The zero-order valence-corrected chi connectivity index (χ0v) is 12.8. The Morgan fingerprint density at radius 3 is 2.60 bits per heavy atom. The topological polar surface area (TPSA) is 35.6 Å². The highest BCUT2D eigenvalue weighted by Gasteiger charge is 2.22. The Morgan fingerprint density at radius 1 is 1.40 bits per heavy atom. The summed E-state index contributed by atoms with van der Waals surface area (Å²) in [6, 6.07) is 7.50. The second kappa shape index (κ2) is 5.93. The van der Waals surface area contributed by atoms with Crippen molar-refractivity contribution in [1.82, 2.24) is 4.57 Å². The van der Waals surface area contributed by atoms with E-state index in [4.69, 9.17) is 11.3 Å². The van der Waals surface area contributed by atoms with Crippen molar-refractivity contribution < 1.29 is 9.53 Å². The van der Waals surface area contributed by atoms with E-state index in [1.54, 1.807) is 24.7 Å². The van der Waals surface area contributed by atoms with Crippen LogP contribution in [0.5, 0.6) is 0 Å². The molecule has 0 spiro atoms. The molecule has 0 radical (unpaired) electrons. The number of benzene rings is 1. The van der Waals surface area contributed by atoms with Crippen molar-refractivity contribution in [2.45, 2.75) is 6.92 Å². The zero-order valence-electron chi connectivity index (χ0n) is 11.2. The molecule has 0 aliphatic carbocycles. The largest absolute Gasteiger partial charge is 0.461 e. The molecule has 0 aliphatic heterocycles. The minimum absolute atomic E-state index is 0.303. The molecule has 0 saturated heterocycles. The summed E-state index contributed by atoms with van der Waals surface area (Å²) in [5, 5.41) is 0. The van der Waals surface area contributed by atoms with Crippen molar-refractivity contribution in [3.8, 4) is 11.1 Å². The molecule has 0 fully saturated rings. The number of rotatable bonds is 3. The van der Waals surface area contributed by atoms with Crippen molar-refractivity contribution in [2.24, 2.45) is 7.05 Å². The van der Waals surface area contributed by atoms with E-state index in [1.165, 1.54) is 0 Å². The summed E-state index contributed by atoms with van der Waals surface area (Å²) in [5.74, 6) is -0.414. The first-order valence-electron chi connectivity index (χ1n) is 6.08. The van der Waals surface area contributed by atoms with Gasteiger partial charge in [-0.2, -0.15) is 0 Å². The molecule has 0 saturated carbocycles. The quantitative estimate of drug-likeness (QED) is 0.624. The van der Waals surface area contributed by atoms with Gasteiger partial charge in [0.05, 0.1) is 13.2 Å². The lowest BCUT2D eigenvalue weighted by molar-refractivity contribution is 0.0516. The van der Waals surface area contributed by atoms with Gasteiger partial charge in [-0.15, -0.1) is 0 Å². The molecular weight excluding hydrogens is 320 g/mol. The molecule has 0 amide bonds. The van der Waals surface area contributed by atoms with Crippen LogP contribution in [0.3, 0.4) is 0 Å². The molecular formula is C15H13BrN2O2. The van der Waals surface area contributed by atoms with Gasteiger partial charge < -0.3 is 9.30 Å². The van der Waals surface area contributed by atoms with E-state index in [2.05, 4.69) is 20.8 Å². The molecule has 2 aromatic rings. The fourth-order valence-electron chi connectivity index (χ4n) is 2.04. The van der Waals surface area contributed by atoms with E-state index in [9.17, 15) is 4.79 Å². The van der Waals surface area contributed by atoms with Gasteiger partial charge in [-0.05, 0) is 24.6 Å². The van der Waals surface area contributed by atoms with Crippen LogP contribution in [0.25, 0.3) is 16.0 Å². The van der Waals surface area contributed by atoms with Crippen molar-refractivity contribution in [3.63, 3.8) is 0 Å². The van der Waals surface area contributed by atoms with Crippen molar-refractivity contribution in [3.05, 3.63) is 52.0 Å². The molecule has 102 valence electrons. The third kappa shape index (κ3) is 2.61. The number of nitrogens with zero attached hydrogens (tertiary/aromatic N) is 2. The molecule has 0 bridgehead atoms. The van der Waals surface area contributed by atoms with Crippen LogP contribution in [0, 0.1) is 6.57 Å². The summed E-state index contributed by atoms with van der Waals surface area (Å²) >= 11 is 3.37. The molecule has 2 rings (SSSR count). The van der Waals surface area contributed by atoms with Crippen LogP contribution in [-0.2, 0) is 11.8 Å². The van der Waals surface area contributed by atoms with E-state index in [0.29, 0.717) is 23.6 Å². The summed E-state index contributed by atoms with van der Waals surface area (Å²) < 4.78 is 7.67. The number of aryl methyl sites for hydroxylation is 1. The highest BCUT2D eigenvalue weighted by molar-refractivity contribution is 9.10. The van der Waals surface area contributed by atoms with Gasteiger partial charge in [0, 0.05) is 23.3 Å². The summed E-state index contributed by atoms with van der Waals surface area (Å²) in [6.45, 7) is 9.34. The normalized spacial score (nSPS) is 10.1. The van der Waals surface area contributed by atoms with Gasteiger partial charge in [-0.3, -0.25) is 0 Å². The molecule has 0 unspecified atom stereocenters. The molecule has 1 aromatic carbocycles. The van der Waals surface area contributed by atoms with Gasteiger partial charge in [0.2, 0.25) is 5.69 Å². The number of hydrogen-bond donors (Lipinski definition) is 0. The molecule has 0 atom stereocenters. The van der Waals surface area contributed by atoms with Crippen LogP contribution in [0.15, 0.2) is 34.9 Å². The Labute approximate surface area is 125 Å². The monoisotopic (exact) mass is 332 g/mol. The highest BCUT2D eigenvalue weighted by Crippen LogP contribution is 2.36. The third-order valence-corrected chi connectivity index (χ3v) is 3.41. The number of carbonyl (C=O) groups excluding carboxylic acids is 1. The Hall–Kier alpha value is -2.06. The first-order chi connectivity index (χ1) is 9.58.